The number of amides is 2. The lowest BCUT2D eigenvalue weighted by molar-refractivity contribution is -0.135. The Morgan fingerprint density at radius 1 is 1.11 bits per heavy atom. The number of rotatable bonds is 5. The van der Waals surface area contributed by atoms with Gasteiger partial charge in [0.25, 0.3) is 0 Å². The van der Waals surface area contributed by atoms with E-state index in [1.54, 1.807) is 6.20 Å². The van der Waals surface area contributed by atoms with Crippen LogP contribution in [0.4, 0.5) is 4.79 Å². The first-order valence-corrected chi connectivity index (χ1v) is 9.44. The van der Waals surface area contributed by atoms with E-state index in [4.69, 9.17) is 4.74 Å². The van der Waals surface area contributed by atoms with E-state index in [2.05, 4.69) is 14.9 Å². The number of carbonyl (C=O) groups excluding carboxylic acids is 2. The largest absolute Gasteiger partial charge is 0.445 e. The number of hydrogen-bond donors (Lipinski definition) is 1. The molecule has 1 N–H and O–H groups in total. The van der Waals surface area contributed by atoms with Crippen LogP contribution in [0.2, 0.25) is 0 Å². The maximum atomic E-state index is 12.7. The highest BCUT2D eigenvalue weighted by Crippen LogP contribution is 2.40. The van der Waals surface area contributed by atoms with E-state index < -0.39 is 6.09 Å². The fourth-order valence-corrected chi connectivity index (χ4v) is 4.30. The Morgan fingerprint density at radius 2 is 1.85 bits per heavy atom. The van der Waals surface area contributed by atoms with Crippen molar-refractivity contribution in [1.82, 2.24) is 19.8 Å². The third kappa shape index (κ3) is 3.97. The van der Waals surface area contributed by atoms with Gasteiger partial charge in [-0.3, -0.25) is 4.79 Å². The van der Waals surface area contributed by atoms with E-state index in [-0.39, 0.29) is 31.1 Å². The third-order valence-electron chi connectivity index (χ3n) is 5.54. The van der Waals surface area contributed by atoms with Gasteiger partial charge in [-0.25, -0.2) is 9.78 Å². The van der Waals surface area contributed by atoms with Crippen molar-refractivity contribution in [3.05, 3.63) is 54.6 Å². The third-order valence-corrected chi connectivity index (χ3v) is 5.54. The molecule has 2 saturated heterocycles. The maximum absolute atomic E-state index is 12.7. The smallest absolute Gasteiger partial charge is 0.407 e. The Bertz CT molecular complexity index is 764. The molecule has 142 valence electrons. The molecule has 7 heteroatoms. The molecule has 3 heterocycles. The van der Waals surface area contributed by atoms with Gasteiger partial charge in [0.05, 0.1) is 6.33 Å². The second-order valence-electron chi connectivity index (χ2n) is 7.24. The Balaban J connectivity index is 1.26. The van der Waals surface area contributed by atoms with E-state index in [1.807, 2.05) is 47.8 Å². The maximum Gasteiger partial charge on any atom is 0.407 e. The van der Waals surface area contributed by atoms with Gasteiger partial charge in [0, 0.05) is 30.5 Å². The highest BCUT2D eigenvalue weighted by molar-refractivity contribution is 5.83. The Labute approximate surface area is 158 Å². The molecular weight excluding hydrogens is 344 g/mol. The van der Waals surface area contributed by atoms with Crippen LogP contribution in [-0.2, 0) is 16.1 Å². The topological polar surface area (TPSA) is 76.5 Å². The predicted octanol–water partition coefficient (Wildman–Crippen LogP) is 2.50. The summed E-state index contributed by atoms with van der Waals surface area (Å²) in [5.74, 6) is -0.0248. The molecule has 2 bridgehead atoms. The van der Waals surface area contributed by atoms with Crippen LogP contribution in [0.25, 0.3) is 0 Å². The first-order chi connectivity index (χ1) is 13.2. The van der Waals surface area contributed by atoms with Gasteiger partial charge in [0.15, 0.2) is 0 Å². The highest BCUT2D eigenvalue weighted by atomic mass is 16.5. The van der Waals surface area contributed by atoms with Crippen LogP contribution in [-0.4, -0.2) is 45.1 Å². The van der Waals surface area contributed by atoms with Crippen molar-refractivity contribution < 1.29 is 14.3 Å². The van der Waals surface area contributed by atoms with Crippen molar-refractivity contribution in [2.24, 2.45) is 0 Å². The molecule has 2 fully saturated rings. The van der Waals surface area contributed by atoms with Crippen molar-refractivity contribution >= 4 is 12.0 Å². The molecule has 7 nitrogen and oxygen atoms in total. The van der Waals surface area contributed by atoms with Crippen LogP contribution in [0.3, 0.4) is 0 Å². The normalized spacial score (nSPS) is 23.9. The number of nitrogens with zero attached hydrogens (tertiary/aromatic N) is 3. The van der Waals surface area contributed by atoms with Gasteiger partial charge in [-0.2, -0.15) is 0 Å². The molecule has 0 aliphatic carbocycles. The predicted molar refractivity (Wildman–Crippen MR) is 98.8 cm³/mol. The number of aromatic nitrogens is 2. The quantitative estimate of drug-likeness (QED) is 0.880. The lowest BCUT2D eigenvalue weighted by atomic mass is 9.97. The lowest BCUT2D eigenvalue weighted by Crippen LogP contribution is -2.50. The van der Waals surface area contributed by atoms with Crippen LogP contribution in [0, 0.1) is 0 Å². The Kier molecular flexibility index (Phi) is 5.09. The van der Waals surface area contributed by atoms with Crippen molar-refractivity contribution in [3.8, 4) is 0 Å². The van der Waals surface area contributed by atoms with Crippen LogP contribution in [0.15, 0.2) is 49.1 Å². The van der Waals surface area contributed by atoms with Crippen molar-refractivity contribution in [2.45, 2.75) is 50.4 Å². The number of alkyl carbamates (subject to hydrolysis) is 1. The second-order valence-corrected chi connectivity index (χ2v) is 7.24. The average molecular weight is 368 g/mol. The molecular formula is C20H24N4O3. The summed E-state index contributed by atoms with van der Waals surface area (Å²) in [5.41, 5.74) is 0.915. The highest BCUT2D eigenvalue weighted by Gasteiger charge is 2.43. The molecule has 0 saturated carbocycles. The number of fused-ring (bicyclic) bond motifs is 2. The zero-order valence-corrected chi connectivity index (χ0v) is 15.2. The molecule has 1 aromatic carbocycles. The van der Waals surface area contributed by atoms with E-state index in [9.17, 15) is 9.59 Å². The van der Waals surface area contributed by atoms with Crippen LogP contribution in [0.5, 0.6) is 0 Å². The first kappa shape index (κ1) is 17.6. The molecule has 4 rings (SSSR count). The number of piperidine rings is 1. The van der Waals surface area contributed by atoms with E-state index >= 15 is 0 Å². The summed E-state index contributed by atoms with van der Waals surface area (Å²) in [4.78, 5) is 30.7. The van der Waals surface area contributed by atoms with Gasteiger partial charge in [-0.1, -0.05) is 30.3 Å². The zero-order chi connectivity index (χ0) is 18.6. The average Bonchev–Trinajstić information content (AvgIpc) is 3.32. The molecule has 2 atom stereocenters. The van der Waals surface area contributed by atoms with Crippen molar-refractivity contribution in [2.75, 3.05) is 6.54 Å². The molecule has 2 aliphatic heterocycles. The van der Waals surface area contributed by atoms with Crippen LogP contribution < -0.4 is 5.32 Å². The first-order valence-electron chi connectivity index (χ1n) is 9.44. The fourth-order valence-electron chi connectivity index (χ4n) is 4.30. The number of nitrogens with one attached hydrogen (secondary N) is 1. The van der Waals surface area contributed by atoms with Crippen molar-refractivity contribution in [3.63, 3.8) is 0 Å². The standard InChI is InChI=1S/C20H24N4O3/c25-19(12-22-20(26)27-13-15-4-2-1-3-5-15)24-16-6-7-17(24)11-18(10-16)23-9-8-21-14-23/h1-5,8-9,14,16-18H,6-7,10-13H2,(H,22,26). The molecule has 2 aliphatic rings. The number of ether oxygens (including phenoxy) is 1. The number of hydrogen-bond acceptors (Lipinski definition) is 4. The molecule has 27 heavy (non-hydrogen) atoms. The molecule has 0 spiro atoms. The van der Waals surface area contributed by atoms with Crippen LogP contribution >= 0.6 is 0 Å². The van der Waals surface area contributed by atoms with Gasteiger partial charge in [-0.15, -0.1) is 0 Å². The summed E-state index contributed by atoms with van der Waals surface area (Å²) in [6, 6.07) is 10.4. The summed E-state index contributed by atoms with van der Waals surface area (Å²) in [6.07, 6.45) is 9.02. The molecule has 1 aromatic heterocycles. The second kappa shape index (κ2) is 7.82. The summed E-state index contributed by atoms with van der Waals surface area (Å²) in [5, 5.41) is 2.59. The molecule has 2 amide bonds. The minimum atomic E-state index is -0.562. The van der Waals surface area contributed by atoms with Crippen LogP contribution in [0.1, 0.15) is 37.3 Å². The molecule has 2 unspecified atom stereocenters. The summed E-state index contributed by atoms with van der Waals surface area (Å²) >= 11 is 0. The van der Waals surface area contributed by atoms with E-state index in [0.717, 1.165) is 31.2 Å². The Hall–Kier alpha value is -2.83. The van der Waals surface area contributed by atoms with E-state index in [1.165, 1.54) is 0 Å². The van der Waals surface area contributed by atoms with Gasteiger partial charge in [0.1, 0.15) is 13.2 Å². The van der Waals surface area contributed by atoms with Gasteiger partial charge >= 0.3 is 6.09 Å². The Morgan fingerprint density at radius 3 is 2.52 bits per heavy atom. The van der Waals surface area contributed by atoms with Gasteiger partial charge in [0.2, 0.25) is 5.91 Å². The number of benzene rings is 1. The van der Waals surface area contributed by atoms with Crippen molar-refractivity contribution in [1.29, 1.82) is 0 Å². The van der Waals surface area contributed by atoms with Gasteiger partial charge < -0.3 is 19.5 Å². The minimum Gasteiger partial charge on any atom is -0.445 e. The summed E-state index contributed by atoms with van der Waals surface area (Å²) < 4.78 is 7.32. The lowest BCUT2D eigenvalue weighted by Gasteiger charge is -2.39. The summed E-state index contributed by atoms with van der Waals surface area (Å²) in [6.45, 7) is 0.179. The minimum absolute atomic E-state index is 0.0175. The number of imidazole rings is 1. The zero-order valence-electron chi connectivity index (χ0n) is 15.2. The fraction of sp³-hybridized carbons (Fsp3) is 0.450. The SMILES string of the molecule is O=C(NCC(=O)N1C2CCC1CC(n1ccnc1)C2)OCc1ccccc1. The van der Waals surface area contributed by atoms with Gasteiger partial charge in [-0.05, 0) is 31.2 Å². The summed E-state index contributed by atoms with van der Waals surface area (Å²) in [7, 11) is 0. The molecule has 0 radical (unpaired) electrons. The molecule has 2 aromatic rings. The van der Waals surface area contributed by atoms with E-state index in [0.29, 0.717) is 6.04 Å². The number of carbonyl (C=O) groups is 2. The monoisotopic (exact) mass is 368 g/mol.